The second-order valence-corrected chi connectivity index (χ2v) is 7.43. The average Bonchev–Trinajstić information content (AvgIpc) is 3.06. The second kappa shape index (κ2) is 3.15. The van der Waals surface area contributed by atoms with Crippen molar-refractivity contribution in [3.8, 4) is 0 Å². The van der Waals surface area contributed by atoms with Crippen molar-refractivity contribution in [2.75, 3.05) is 0 Å². The fourth-order valence-corrected chi connectivity index (χ4v) is 4.33. The molecule has 0 aliphatic heterocycles. The van der Waals surface area contributed by atoms with Crippen molar-refractivity contribution in [1.82, 2.24) is 10.2 Å². The lowest BCUT2D eigenvalue weighted by atomic mass is 9.70. The van der Waals surface area contributed by atoms with Crippen LogP contribution in [-0.2, 0) is 11.8 Å². The minimum absolute atomic E-state index is 0.262. The van der Waals surface area contributed by atoms with Gasteiger partial charge in [0.05, 0.1) is 11.4 Å². The molecule has 2 saturated carbocycles. The van der Waals surface area contributed by atoms with E-state index >= 15 is 0 Å². The van der Waals surface area contributed by atoms with Crippen LogP contribution >= 0.6 is 0 Å². The van der Waals surface area contributed by atoms with Gasteiger partial charge in [-0.2, -0.15) is 10.2 Å². The molecule has 0 saturated heterocycles. The molecule has 0 amide bonds. The van der Waals surface area contributed by atoms with Crippen LogP contribution in [0.1, 0.15) is 69.3 Å². The molecule has 0 radical (unpaired) electrons. The Morgan fingerprint density at radius 2 is 1.94 bits per heavy atom. The maximum absolute atomic E-state index is 4.64. The Kier molecular flexibility index (Phi) is 1.92. The predicted molar refractivity (Wildman–Crippen MR) is 71.6 cm³/mol. The van der Waals surface area contributed by atoms with E-state index in [0.717, 1.165) is 12.3 Å². The molecule has 1 aromatic rings. The van der Waals surface area contributed by atoms with Gasteiger partial charge in [-0.15, -0.1) is 0 Å². The highest BCUT2D eigenvalue weighted by atomic mass is 15.1. The van der Waals surface area contributed by atoms with Gasteiger partial charge in [-0.1, -0.05) is 20.8 Å². The van der Waals surface area contributed by atoms with Gasteiger partial charge in [-0.3, -0.25) is 0 Å². The molecule has 0 N–H and O–H groups in total. The summed E-state index contributed by atoms with van der Waals surface area (Å²) in [5, 5.41) is 9.15. The van der Waals surface area contributed by atoms with Crippen LogP contribution in [-0.4, -0.2) is 10.2 Å². The summed E-state index contributed by atoms with van der Waals surface area (Å²) in [5.41, 5.74) is 4.70. The Bertz CT molecular complexity index is 516. The lowest BCUT2D eigenvalue weighted by Gasteiger charge is -2.33. The smallest absolute Gasteiger partial charge is 0.0730 e. The Morgan fingerprint density at radius 3 is 2.67 bits per heavy atom. The van der Waals surface area contributed by atoms with E-state index in [9.17, 15) is 0 Å². The van der Waals surface area contributed by atoms with E-state index < -0.39 is 0 Å². The van der Waals surface area contributed by atoms with E-state index in [2.05, 4.69) is 37.0 Å². The molecule has 1 heterocycles. The molecule has 18 heavy (non-hydrogen) atoms. The molecule has 2 bridgehead atoms. The number of fused-ring (bicyclic) bond motifs is 5. The molecule has 3 aliphatic carbocycles. The predicted octanol–water partition coefficient (Wildman–Crippen LogP) is 3.60. The van der Waals surface area contributed by atoms with Crippen LogP contribution in [0.4, 0.5) is 0 Å². The van der Waals surface area contributed by atoms with Crippen LogP contribution in [0.5, 0.6) is 0 Å². The number of hydrogen-bond donors (Lipinski definition) is 0. The number of nitrogens with zero attached hydrogens (tertiary/aromatic N) is 2. The first-order valence-electron chi connectivity index (χ1n) is 7.39. The molecule has 0 unspecified atom stereocenters. The van der Waals surface area contributed by atoms with Crippen LogP contribution in [0, 0.1) is 11.3 Å². The maximum Gasteiger partial charge on any atom is 0.0730 e. The van der Waals surface area contributed by atoms with E-state index in [0.29, 0.717) is 11.3 Å². The summed E-state index contributed by atoms with van der Waals surface area (Å²) in [6, 6.07) is 2.39. The third kappa shape index (κ3) is 1.19. The van der Waals surface area contributed by atoms with E-state index in [1.807, 2.05) is 0 Å². The number of rotatable bonds is 2. The highest BCUT2D eigenvalue weighted by Crippen LogP contribution is 2.66. The van der Waals surface area contributed by atoms with Gasteiger partial charge in [-0.25, -0.2) is 0 Å². The van der Waals surface area contributed by atoms with Crippen LogP contribution < -0.4 is 0 Å². The van der Waals surface area contributed by atoms with Crippen LogP contribution in [0.2, 0.25) is 0 Å². The highest BCUT2D eigenvalue weighted by Gasteiger charge is 2.60. The van der Waals surface area contributed by atoms with Crippen molar-refractivity contribution >= 4 is 0 Å². The molecular weight excluding hydrogens is 220 g/mol. The van der Waals surface area contributed by atoms with Gasteiger partial charge in [0.1, 0.15) is 0 Å². The monoisotopic (exact) mass is 242 g/mol. The Balaban J connectivity index is 1.79. The SMILES string of the molecule is CC1(C)[C@H]2CC[C@]1(C)c1nnc(CC3CC3)cc12. The van der Waals surface area contributed by atoms with Gasteiger partial charge in [-0.05, 0) is 61.0 Å². The van der Waals surface area contributed by atoms with Gasteiger partial charge >= 0.3 is 0 Å². The minimum Gasteiger partial charge on any atom is -0.155 e. The van der Waals surface area contributed by atoms with Crippen LogP contribution in [0.3, 0.4) is 0 Å². The zero-order valence-electron chi connectivity index (χ0n) is 11.7. The Labute approximate surface area is 109 Å². The van der Waals surface area contributed by atoms with Crippen LogP contribution in [0.25, 0.3) is 0 Å². The summed E-state index contributed by atoms with van der Waals surface area (Å²) >= 11 is 0. The first kappa shape index (κ1) is 11.0. The molecule has 4 rings (SSSR count). The normalized spacial score (nSPS) is 35.8. The molecule has 2 nitrogen and oxygen atoms in total. The van der Waals surface area contributed by atoms with Crippen molar-refractivity contribution in [1.29, 1.82) is 0 Å². The maximum atomic E-state index is 4.64. The Hall–Kier alpha value is -0.920. The molecule has 2 fully saturated rings. The fourth-order valence-electron chi connectivity index (χ4n) is 4.33. The van der Waals surface area contributed by atoms with Gasteiger partial charge in [0.25, 0.3) is 0 Å². The molecule has 0 aromatic carbocycles. The third-order valence-electron chi connectivity index (χ3n) is 6.19. The summed E-state index contributed by atoms with van der Waals surface area (Å²) in [6.45, 7) is 7.24. The van der Waals surface area contributed by atoms with Gasteiger partial charge in [0, 0.05) is 5.41 Å². The molecular formula is C16H22N2. The van der Waals surface area contributed by atoms with Crippen molar-refractivity contribution < 1.29 is 0 Å². The lowest BCUT2D eigenvalue weighted by Crippen LogP contribution is -2.32. The standard InChI is InChI=1S/C16H22N2/c1-15(2)13-6-7-16(15,3)14-12(13)9-11(17-18-14)8-10-4-5-10/h9-10,13H,4-8H2,1-3H3/t13-,16+/m0/s1. The zero-order chi connectivity index (χ0) is 12.5. The van der Waals surface area contributed by atoms with E-state index in [1.54, 1.807) is 0 Å². The summed E-state index contributed by atoms with van der Waals surface area (Å²) in [4.78, 5) is 0. The minimum atomic E-state index is 0.262. The molecule has 2 heteroatoms. The molecule has 0 spiro atoms. The van der Waals surface area contributed by atoms with E-state index in [-0.39, 0.29) is 5.41 Å². The first-order chi connectivity index (χ1) is 8.52. The summed E-state index contributed by atoms with van der Waals surface area (Å²) in [7, 11) is 0. The third-order valence-corrected chi connectivity index (χ3v) is 6.19. The van der Waals surface area contributed by atoms with Crippen molar-refractivity contribution in [2.45, 2.75) is 64.2 Å². The van der Waals surface area contributed by atoms with Crippen molar-refractivity contribution in [2.24, 2.45) is 11.3 Å². The van der Waals surface area contributed by atoms with E-state index in [1.165, 1.54) is 42.6 Å². The first-order valence-corrected chi connectivity index (χ1v) is 7.39. The number of aromatic nitrogens is 2. The fraction of sp³-hybridized carbons (Fsp3) is 0.750. The molecule has 3 aliphatic rings. The second-order valence-electron chi connectivity index (χ2n) is 7.43. The van der Waals surface area contributed by atoms with Crippen LogP contribution in [0.15, 0.2) is 6.07 Å². The molecule has 1 aromatic heterocycles. The lowest BCUT2D eigenvalue weighted by molar-refractivity contribution is 0.226. The van der Waals surface area contributed by atoms with Gasteiger partial charge in [0.2, 0.25) is 0 Å². The molecule has 2 atom stereocenters. The Morgan fingerprint density at radius 1 is 1.17 bits per heavy atom. The van der Waals surface area contributed by atoms with Gasteiger partial charge in [0.15, 0.2) is 0 Å². The summed E-state index contributed by atoms with van der Waals surface area (Å²) in [6.07, 6.45) is 6.57. The summed E-state index contributed by atoms with van der Waals surface area (Å²) in [5.74, 6) is 1.62. The zero-order valence-corrected chi connectivity index (χ0v) is 11.7. The highest BCUT2D eigenvalue weighted by molar-refractivity contribution is 5.45. The largest absolute Gasteiger partial charge is 0.155 e. The van der Waals surface area contributed by atoms with E-state index in [4.69, 9.17) is 0 Å². The summed E-state index contributed by atoms with van der Waals surface area (Å²) < 4.78 is 0. The average molecular weight is 242 g/mol. The molecule has 96 valence electrons. The van der Waals surface area contributed by atoms with Crippen molar-refractivity contribution in [3.63, 3.8) is 0 Å². The quantitative estimate of drug-likeness (QED) is 0.792. The van der Waals surface area contributed by atoms with Crippen molar-refractivity contribution in [3.05, 3.63) is 23.0 Å². The van der Waals surface area contributed by atoms with Gasteiger partial charge < -0.3 is 0 Å². The topological polar surface area (TPSA) is 25.8 Å². The number of hydrogen-bond acceptors (Lipinski definition) is 2.